The van der Waals surface area contributed by atoms with Crippen LogP contribution in [0.4, 0.5) is 0 Å². The summed E-state index contributed by atoms with van der Waals surface area (Å²) >= 11 is 0. The molecule has 18 heteroatoms. The van der Waals surface area contributed by atoms with Crippen molar-refractivity contribution in [3.63, 3.8) is 0 Å². The minimum Gasteiger partial charge on any atom is -0.370 e. The van der Waals surface area contributed by atoms with Crippen LogP contribution in [-0.4, -0.2) is 56.4 Å². The molecule has 3 unspecified atom stereocenters. The average Bonchev–Trinajstić information content (AvgIpc) is 2.23. The lowest BCUT2D eigenvalue weighted by Gasteiger charge is -2.31. The molecule has 140 valence electrons. The van der Waals surface area contributed by atoms with Crippen LogP contribution in [0.25, 0.3) is 0 Å². The third-order valence-corrected chi connectivity index (χ3v) is 4.52. The van der Waals surface area contributed by atoms with E-state index in [2.05, 4.69) is 27.1 Å². The van der Waals surface area contributed by atoms with Gasteiger partial charge in [-0.3, -0.25) is 13.6 Å². The molecule has 3 atom stereocenters. The molecule has 0 aromatic heterocycles. The van der Waals surface area contributed by atoms with E-state index in [0.717, 1.165) is 0 Å². The molecule has 0 amide bonds. The minimum absolute atomic E-state index is 0.448. The summed E-state index contributed by atoms with van der Waals surface area (Å²) in [6.07, 6.45) is 0. The van der Waals surface area contributed by atoms with Crippen molar-refractivity contribution in [1.29, 1.82) is 0 Å². The SMILES string of the molecule is CC(OP(=O)(O)OCO)(OP(=O)(O)OCO)OP(=O)(O)OCO. The molecule has 0 saturated heterocycles. The lowest BCUT2D eigenvalue weighted by Crippen LogP contribution is -2.33. The van der Waals surface area contributed by atoms with Gasteiger partial charge in [0.15, 0.2) is 20.4 Å². The normalized spacial score (nSPS) is 22.6. The first kappa shape index (κ1) is 23.2. The molecular weight excluding hydrogens is 393 g/mol. The Kier molecular flexibility index (Phi) is 9.14. The number of phosphoric acid groups is 3. The van der Waals surface area contributed by atoms with Crippen molar-refractivity contribution in [1.82, 2.24) is 0 Å². The Bertz CT molecular complexity index is 434. The van der Waals surface area contributed by atoms with Crippen LogP contribution in [0.15, 0.2) is 0 Å². The fourth-order valence-corrected chi connectivity index (χ4v) is 3.23. The Labute approximate surface area is 128 Å². The molecule has 0 fully saturated rings. The van der Waals surface area contributed by atoms with Crippen molar-refractivity contribution in [2.75, 3.05) is 20.4 Å². The molecule has 15 nitrogen and oxygen atoms in total. The maximum Gasteiger partial charge on any atom is 0.478 e. The quantitative estimate of drug-likeness (QED) is 0.166. The van der Waals surface area contributed by atoms with E-state index >= 15 is 0 Å². The fourth-order valence-electron chi connectivity index (χ4n) is 0.977. The van der Waals surface area contributed by atoms with Crippen molar-refractivity contribution in [2.45, 2.75) is 12.9 Å². The van der Waals surface area contributed by atoms with Gasteiger partial charge >= 0.3 is 29.4 Å². The Morgan fingerprint density at radius 1 is 0.696 bits per heavy atom. The van der Waals surface area contributed by atoms with E-state index in [1.54, 1.807) is 0 Å². The van der Waals surface area contributed by atoms with Gasteiger partial charge in [-0.05, 0) is 0 Å². The van der Waals surface area contributed by atoms with Gasteiger partial charge in [0.1, 0.15) is 0 Å². The van der Waals surface area contributed by atoms with Gasteiger partial charge in [-0.2, -0.15) is 0 Å². The second-order valence-electron chi connectivity index (χ2n) is 3.32. The molecule has 23 heavy (non-hydrogen) atoms. The molecule has 0 saturated carbocycles. The molecule has 6 N–H and O–H groups in total. The zero-order valence-electron chi connectivity index (χ0n) is 11.3. The molecule has 0 aliphatic heterocycles. The molecule has 0 aromatic carbocycles. The molecule has 0 radical (unpaired) electrons. The van der Waals surface area contributed by atoms with E-state index in [0.29, 0.717) is 6.92 Å². The van der Waals surface area contributed by atoms with E-state index in [1.807, 2.05) is 0 Å². The molecule has 0 aliphatic rings. The molecule has 0 aromatic rings. The second kappa shape index (κ2) is 9.06. The number of hydrogen-bond donors (Lipinski definition) is 6. The highest BCUT2D eigenvalue weighted by atomic mass is 31.2. The van der Waals surface area contributed by atoms with Crippen LogP contribution in [0, 0.1) is 0 Å². The summed E-state index contributed by atoms with van der Waals surface area (Å²) in [6.45, 7) is -3.60. The van der Waals surface area contributed by atoms with E-state index < -0.39 is 49.8 Å². The number of phosphoric ester groups is 3. The highest BCUT2D eigenvalue weighted by Gasteiger charge is 2.49. The summed E-state index contributed by atoms with van der Waals surface area (Å²) < 4.78 is 58.0. The van der Waals surface area contributed by atoms with Crippen LogP contribution in [-0.2, 0) is 40.8 Å². The Morgan fingerprint density at radius 3 is 1.09 bits per heavy atom. The van der Waals surface area contributed by atoms with Crippen LogP contribution < -0.4 is 0 Å². The first-order chi connectivity index (χ1) is 10.3. The number of aliphatic hydroxyl groups excluding tert-OH is 3. The van der Waals surface area contributed by atoms with E-state index in [4.69, 9.17) is 15.3 Å². The van der Waals surface area contributed by atoms with E-state index in [-0.39, 0.29) is 0 Å². The predicted octanol–water partition coefficient (Wildman–Crippen LogP) is -1.09. The summed E-state index contributed by atoms with van der Waals surface area (Å²) in [5.74, 6) is -3.29. The maximum absolute atomic E-state index is 11.4. The van der Waals surface area contributed by atoms with E-state index in [9.17, 15) is 28.4 Å². The van der Waals surface area contributed by atoms with Crippen LogP contribution in [0.2, 0.25) is 0 Å². The molecule has 0 heterocycles. The molecular formula is C5H15O15P3. The van der Waals surface area contributed by atoms with Gasteiger partial charge in [0.2, 0.25) is 0 Å². The highest BCUT2D eigenvalue weighted by molar-refractivity contribution is 7.49. The van der Waals surface area contributed by atoms with E-state index in [1.165, 1.54) is 0 Å². The minimum atomic E-state index is -5.22. The van der Waals surface area contributed by atoms with Gasteiger partial charge in [0.25, 0.3) is 0 Å². The Balaban J connectivity index is 5.47. The van der Waals surface area contributed by atoms with Crippen LogP contribution in [0.5, 0.6) is 0 Å². The molecule has 0 rings (SSSR count). The highest BCUT2D eigenvalue weighted by Crippen LogP contribution is 2.59. The first-order valence-electron chi connectivity index (χ1n) is 5.17. The zero-order valence-corrected chi connectivity index (χ0v) is 14.0. The smallest absolute Gasteiger partial charge is 0.370 e. The third-order valence-electron chi connectivity index (χ3n) is 1.51. The van der Waals surface area contributed by atoms with Crippen molar-refractivity contribution in [2.24, 2.45) is 0 Å². The van der Waals surface area contributed by atoms with Gasteiger partial charge in [0, 0.05) is 6.92 Å². The summed E-state index contributed by atoms with van der Waals surface area (Å²) in [7, 11) is -15.7. The number of hydrogen-bond acceptors (Lipinski definition) is 12. The number of aliphatic hydroxyl groups is 3. The second-order valence-corrected chi connectivity index (χ2v) is 7.45. The Morgan fingerprint density at radius 2 is 0.913 bits per heavy atom. The van der Waals surface area contributed by atoms with Gasteiger partial charge in [0.05, 0.1) is 0 Å². The Hall–Kier alpha value is 0.210. The van der Waals surface area contributed by atoms with Crippen molar-refractivity contribution < 1.29 is 70.8 Å². The third kappa shape index (κ3) is 9.94. The average molecular weight is 408 g/mol. The molecule has 0 aliphatic carbocycles. The number of rotatable bonds is 12. The summed E-state index contributed by atoms with van der Waals surface area (Å²) in [5, 5.41) is 25.2. The van der Waals surface area contributed by atoms with Gasteiger partial charge in [-0.1, -0.05) is 0 Å². The van der Waals surface area contributed by atoms with Crippen molar-refractivity contribution in [3.05, 3.63) is 0 Å². The van der Waals surface area contributed by atoms with Gasteiger partial charge < -0.3 is 30.0 Å². The standard InChI is InChI=1S/C5H15O15P3/c1-5(18-21(9,10)15-2-6,19-22(11,12)16-3-7)20-23(13,14)17-4-8/h6-8H,2-4H2,1H3,(H,9,10)(H,11,12)(H,13,14). The van der Waals surface area contributed by atoms with Gasteiger partial charge in [-0.25, -0.2) is 27.3 Å². The van der Waals surface area contributed by atoms with Crippen LogP contribution in [0.3, 0.4) is 0 Å². The topological polar surface area (TPSA) is 228 Å². The zero-order chi connectivity index (χ0) is 18.4. The van der Waals surface area contributed by atoms with Crippen LogP contribution in [0.1, 0.15) is 6.92 Å². The lowest BCUT2D eigenvalue weighted by molar-refractivity contribution is -0.265. The van der Waals surface area contributed by atoms with Crippen LogP contribution >= 0.6 is 23.5 Å². The van der Waals surface area contributed by atoms with Gasteiger partial charge in [-0.15, -0.1) is 0 Å². The molecule has 0 bridgehead atoms. The monoisotopic (exact) mass is 408 g/mol. The largest absolute Gasteiger partial charge is 0.478 e. The molecule has 0 spiro atoms. The van der Waals surface area contributed by atoms with Crippen molar-refractivity contribution in [3.8, 4) is 0 Å². The maximum atomic E-state index is 11.4. The fraction of sp³-hybridized carbons (Fsp3) is 1.00. The lowest BCUT2D eigenvalue weighted by atomic mass is 10.7. The van der Waals surface area contributed by atoms with Crippen molar-refractivity contribution >= 4 is 23.5 Å². The summed E-state index contributed by atoms with van der Waals surface area (Å²) in [4.78, 5) is 27.5. The summed E-state index contributed by atoms with van der Waals surface area (Å²) in [5.41, 5.74) is 0. The summed E-state index contributed by atoms with van der Waals surface area (Å²) in [6, 6.07) is 0. The first-order valence-corrected chi connectivity index (χ1v) is 9.66. The predicted molar refractivity (Wildman–Crippen MR) is 65.6 cm³/mol.